The molecule has 1 saturated heterocycles. The zero-order valence-corrected chi connectivity index (χ0v) is 16.0. The molecule has 6 nitrogen and oxygen atoms in total. The average molecular weight is 404 g/mol. The Hall–Kier alpha value is -2.74. The van der Waals surface area contributed by atoms with Gasteiger partial charge in [0.1, 0.15) is 11.6 Å². The van der Waals surface area contributed by atoms with Crippen molar-refractivity contribution >= 4 is 5.91 Å². The number of hydrogen-bond donors (Lipinski definition) is 1. The standard InChI is InChI=1S/C21H22F2N2O4/c1-2-15-11-29-17-10-24-9-13(19(26)20(27)18(24)21(28)25(15)17)5-3-4-12-6-7-14(22)8-16(12)23/h6-9,15,17,27H,2-5,10-11H2,1H3/t15-,17+/m1/s1. The highest BCUT2D eigenvalue weighted by atomic mass is 19.1. The van der Waals surface area contributed by atoms with Crippen LogP contribution in [0.15, 0.2) is 29.2 Å². The zero-order chi connectivity index (χ0) is 20.7. The van der Waals surface area contributed by atoms with Crippen molar-refractivity contribution in [2.75, 3.05) is 6.61 Å². The van der Waals surface area contributed by atoms with Crippen molar-refractivity contribution in [2.24, 2.45) is 0 Å². The van der Waals surface area contributed by atoms with E-state index in [0.29, 0.717) is 43.5 Å². The monoisotopic (exact) mass is 404 g/mol. The van der Waals surface area contributed by atoms with E-state index < -0.39 is 34.9 Å². The molecule has 1 amide bonds. The molecule has 1 aromatic carbocycles. The van der Waals surface area contributed by atoms with E-state index in [0.717, 1.165) is 12.5 Å². The number of aromatic hydroxyl groups is 1. The molecule has 3 heterocycles. The van der Waals surface area contributed by atoms with Crippen LogP contribution in [0.25, 0.3) is 0 Å². The Balaban J connectivity index is 1.56. The number of ether oxygens (including phenoxy) is 1. The molecule has 0 saturated carbocycles. The van der Waals surface area contributed by atoms with Gasteiger partial charge < -0.3 is 19.3 Å². The molecule has 2 atom stereocenters. The summed E-state index contributed by atoms with van der Waals surface area (Å²) in [6.07, 6.45) is 2.95. The lowest BCUT2D eigenvalue weighted by atomic mass is 10.0. The summed E-state index contributed by atoms with van der Waals surface area (Å²) in [5.74, 6) is -2.22. The molecule has 0 bridgehead atoms. The molecule has 0 spiro atoms. The molecule has 1 aromatic heterocycles. The van der Waals surface area contributed by atoms with Gasteiger partial charge in [-0.2, -0.15) is 0 Å². The molecule has 0 aliphatic carbocycles. The molecule has 2 aromatic rings. The van der Waals surface area contributed by atoms with E-state index >= 15 is 0 Å². The normalized spacial score (nSPS) is 20.7. The number of carbonyl (C=O) groups is 1. The molecular formula is C21H22F2N2O4. The Morgan fingerprint density at radius 2 is 1.97 bits per heavy atom. The fourth-order valence-corrected chi connectivity index (χ4v) is 4.11. The van der Waals surface area contributed by atoms with Gasteiger partial charge in [-0.15, -0.1) is 0 Å². The van der Waals surface area contributed by atoms with Gasteiger partial charge >= 0.3 is 0 Å². The second kappa shape index (κ2) is 7.59. The maximum Gasteiger partial charge on any atom is 0.276 e. The third kappa shape index (κ3) is 3.42. The Morgan fingerprint density at radius 1 is 1.21 bits per heavy atom. The molecule has 154 valence electrons. The number of aryl methyl sites for hydroxylation is 2. The summed E-state index contributed by atoms with van der Waals surface area (Å²) in [4.78, 5) is 27.1. The first kappa shape index (κ1) is 19.6. The number of halogens is 2. The molecule has 29 heavy (non-hydrogen) atoms. The summed E-state index contributed by atoms with van der Waals surface area (Å²) in [6.45, 7) is 2.73. The molecular weight excluding hydrogens is 382 g/mol. The molecule has 1 fully saturated rings. The number of amides is 1. The van der Waals surface area contributed by atoms with Gasteiger partial charge in [-0.1, -0.05) is 13.0 Å². The Kier molecular flexibility index (Phi) is 5.12. The lowest BCUT2D eigenvalue weighted by molar-refractivity contribution is 0.00567. The van der Waals surface area contributed by atoms with Crippen molar-refractivity contribution in [3.63, 3.8) is 0 Å². The van der Waals surface area contributed by atoms with Crippen LogP contribution in [0.4, 0.5) is 8.78 Å². The van der Waals surface area contributed by atoms with E-state index in [4.69, 9.17) is 4.74 Å². The van der Waals surface area contributed by atoms with Crippen LogP contribution in [0.3, 0.4) is 0 Å². The largest absolute Gasteiger partial charge is 0.503 e. The molecule has 4 rings (SSSR count). The Morgan fingerprint density at radius 3 is 2.69 bits per heavy atom. The maximum absolute atomic E-state index is 13.8. The summed E-state index contributed by atoms with van der Waals surface area (Å²) in [7, 11) is 0. The van der Waals surface area contributed by atoms with E-state index in [-0.39, 0.29) is 11.7 Å². The van der Waals surface area contributed by atoms with Gasteiger partial charge in [-0.25, -0.2) is 8.78 Å². The number of nitrogens with zero attached hydrogens (tertiary/aromatic N) is 2. The molecule has 0 radical (unpaired) electrons. The number of benzene rings is 1. The number of fused-ring (bicyclic) bond motifs is 2. The third-order valence-electron chi connectivity index (χ3n) is 5.68. The topological polar surface area (TPSA) is 71.8 Å². The van der Waals surface area contributed by atoms with Crippen molar-refractivity contribution in [3.05, 3.63) is 63.1 Å². The van der Waals surface area contributed by atoms with Crippen LogP contribution in [0.2, 0.25) is 0 Å². The number of aromatic nitrogens is 1. The van der Waals surface area contributed by atoms with Crippen LogP contribution in [0.5, 0.6) is 5.75 Å². The number of hydrogen-bond acceptors (Lipinski definition) is 4. The van der Waals surface area contributed by atoms with Gasteiger partial charge in [-0.05, 0) is 37.3 Å². The molecule has 2 aliphatic heterocycles. The first-order chi connectivity index (χ1) is 13.9. The van der Waals surface area contributed by atoms with Gasteiger partial charge in [0.05, 0.1) is 19.2 Å². The maximum atomic E-state index is 13.8. The predicted octanol–water partition coefficient (Wildman–Crippen LogP) is 2.60. The van der Waals surface area contributed by atoms with E-state index in [1.54, 1.807) is 15.7 Å². The average Bonchev–Trinajstić information content (AvgIpc) is 3.10. The summed E-state index contributed by atoms with van der Waals surface area (Å²) in [5, 5.41) is 10.4. The second-order valence-electron chi connectivity index (χ2n) is 7.48. The zero-order valence-electron chi connectivity index (χ0n) is 16.0. The van der Waals surface area contributed by atoms with E-state index in [1.807, 2.05) is 6.92 Å². The highest BCUT2D eigenvalue weighted by molar-refractivity contribution is 5.96. The van der Waals surface area contributed by atoms with E-state index in [1.165, 1.54) is 12.1 Å². The van der Waals surface area contributed by atoms with Crippen molar-refractivity contribution < 1.29 is 23.4 Å². The first-order valence-corrected chi connectivity index (χ1v) is 9.74. The summed E-state index contributed by atoms with van der Waals surface area (Å²) < 4.78 is 34.1. The fraction of sp³-hybridized carbons (Fsp3) is 0.429. The van der Waals surface area contributed by atoms with Gasteiger partial charge in [0.2, 0.25) is 5.43 Å². The molecule has 2 aliphatic rings. The van der Waals surface area contributed by atoms with Crippen LogP contribution < -0.4 is 5.43 Å². The van der Waals surface area contributed by atoms with Crippen molar-refractivity contribution in [2.45, 2.75) is 51.4 Å². The number of carbonyl (C=O) groups excluding carboxylic acids is 1. The molecule has 1 N–H and O–H groups in total. The van der Waals surface area contributed by atoms with E-state index in [9.17, 15) is 23.5 Å². The SMILES string of the molecule is CC[C@@H]1CO[C@H]2Cn3cc(CCCc4ccc(F)cc4F)c(=O)c(O)c3C(=O)N12. The first-order valence-electron chi connectivity index (χ1n) is 9.74. The minimum atomic E-state index is -0.637. The Labute approximate surface area is 166 Å². The highest BCUT2D eigenvalue weighted by Gasteiger charge is 2.43. The lowest BCUT2D eigenvalue weighted by Crippen LogP contribution is -2.49. The van der Waals surface area contributed by atoms with Crippen LogP contribution in [-0.2, 0) is 24.1 Å². The van der Waals surface area contributed by atoms with Gasteiger partial charge in [-0.3, -0.25) is 9.59 Å². The quantitative estimate of drug-likeness (QED) is 0.832. The number of rotatable bonds is 5. The van der Waals surface area contributed by atoms with Crippen LogP contribution in [0.1, 0.15) is 41.4 Å². The summed E-state index contributed by atoms with van der Waals surface area (Å²) in [5.41, 5.74) is 0.115. The lowest BCUT2D eigenvalue weighted by Gasteiger charge is -2.34. The molecule has 8 heteroatoms. The van der Waals surface area contributed by atoms with Crippen LogP contribution in [-0.4, -0.2) is 39.4 Å². The van der Waals surface area contributed by atoms with Gasteiger partial charge in [0.15, 0.2) is 17.7 Å². The Bertz CT molecular complexity index is 1020. The van der Waals surface area contributed by atoms with Crippen LogP contribution >= 0.6 is 0 Å². The second-order valence-corrected chi connectivity index (χ2v) is 7.48. The van der Waals surface area contributed by atoms with Crippen molar-refractivity contribution in [1.29, 1.82) is 0 Å². The fourth-order valence-electron chi connectivity index (χ4n) is 4.11. The van der Waals surface area contributed by atoms with E-state index in [2.05, 4.69) is 0 Å². The van der Waals surface area contributed by atoms with Crippen molar-refractivity contribution in [3.8, 4) is 5.75 Å². The minimum Gasteiger partial charge on any atom is -0.503 e. The minimum absolute atomic E-state index is 0.0106. The van der Waals surface area contributed by atoms with Crippen molar-refractivity contribution in [1.82, 2.24) is 9.47 Å². The third-order valence-corrected chi connectivity index (χ3v) is 5.68. The molecule has 0 unspecified atom stereocenters. The predicted molar refractivity (Wildman–Crippen MR) is 101 cm³/mol. The smallest absolute Gasteiger partial charge is 0.276 e. The summed E-state index contributed by atoms with van der Waals surface area (Å²) in [6, 6.07) is 3.34. The number of pyridine rings is 1. The van der Waals surface area contributed by atoms with Gasteiger partial charge in [0, 0.05) is 17.8 Å². The van der Waals surface area contributed by atoms with Gasteiger partial charge in [0.25, 0.3) is 5.91 Å². The summed E-state index contributed by atoms with van der Waals surface area (Å²) >= 11 is 0. The highest BCUT2D eigenvalue weighted by Crippen LogP contribution is 2.30. The van der Waals surface area contributed by atoms with Crippen LogP contribution in [0, 0.1) is 11.6 Å².